The molecule has 2 fully saturated rings. The van der Waals surface area contributed by atoms with Gasteiger partial charge in [-0.25, -0.2) is 9.98 Å². The van der Waals surface area contributed by atoms with Crippen molar-refractivity contribution in [2.75, 3.05) is 45.3 Å². The Labute approximate surface area is 219 Å². The quantitative estimate of drug-likeness (QED) is 0.433. The Hall–Kier alpha value is -2.25. The molecule has 1 saturated heterocycles. The minimum absolute atomic E-state index is 0.332. The lowest BCUT2D eigenvalue weighted by molar-refractivity contribution is 0.0456. The number of rotatable bonds is 9. The Morgan fingerprint density at radius 3 is 2.72 bits per heavy atom. The minimum atomic E-state index is -0.404. The molecule has 2 unspecified atom stereocenters. The third-order valence-corrected chi connectivity index (χ3v) is 7.61. The molecule has 0 amide bonds. The van der Waals surface area contributed by atoms with Crippen LogP contribution >= 0.6 is 11.6 Å². The summed E-state index contributed by atoms with van der Waals surface area (Å²) in [6.07, 6.45) is 7.58. The van der Waals surface area contributed by atoms with E-state index in [2.05, 4.69) is 38.9 Å². The summed E-state index contributed by atoms with van der Waals surface area (Å²) in [6.45, 7) is 5.18. The number of guanidine groups is 1. The third-order valence-electron chi connectivity index (χ3n) is 7.26. The van der Waals surface area contributed by atoms with Gasteiger partial charge in [-0.15, -0.1) is 11.6 Å². The summed E-state index contributed by atoms with van der Waals surface area (Å²) in [7, 11) is 1.74. The lowest BCUT2D eigenvalue weighted by atomic mass is 9.81. The fourth-order valence-corrected chi connectivity index (χ4v) is 5.33. The largest absolute Gasteiger partial charge is 0.383 e. The monoisotopic (exact) mass is 515 g/mol. The molecule has 9 nitrogen and oxygen atoms in total. The highest BCUT2D eigenvalue weighted by Crippen LogP contribution is 2.30. The number of nitrogens with zero attached hydrogens (tertiary/aromatic N) is 4. The molecule has 3 N–H and O–H groups in total. The number of methoxy groups -OCH3 is 1. The molecule has 1 aromatic heterocycles. The molecule has 2 aliphatic heterocycles. The van der Waals surface area contributed by atoms with Crippen LogP contribution in [0.25, 0.3) is 0 Å². The summed E-state index contributed by atoms with van der Waals surface area (Å²) in [6, 6.07) is 7.60. The fourth-order valence-electron chi connectivity index (χ4n) is 5.10. The molecular weight excluding hydrogens is 478 g/mol. The summed E-state index contributed by atoms with van der Waals surface area (Å²) >= 11 is 6.61. The highest BCUT2D eigenvalue weighted by Gasteiger charge is 2.32. The predicted molar refractivity (Wildman–Crippen MR) is 143 cm³/mol. The zero-order chi connectivity index (χ0) is 25.4. The number of ether oxygens (including phenoxy) is 2. The summed E-state index contributed by atoms with van der Waals surface area (Å²) < 4.78 is 10.7. The van der Waals surface area contributed by atoms with Crippen LogP contribution in [0.2, 0.25) is 0 Å². The van der Waals surface area contributed by atoms with Gasteiger partial charge in [0.15, 0.2) is 0 Å². The number of alkyl halides is 1. The molecule has 1 aliphatic carbocycles. The maximum absolute atomic E-state index is 9.73. The average molecular weight is 516 g/mol. The molecule has 3 aliphatic rings. The maximum atomic E-state index is 9.73. The zero-order valence-electron chi connectivity index (χ0n) is 21.3. The van der Waals surface area contributed by atoms with Crippen LogP contribution in [0.3, 0.4) is 0 Å². The smallest absolute Gasteiger partial charge is 0.218 e. The van der Waals surface area contributed by atoms with E-state index in [0.29, 0.717) is 50.4 Å². The van der Waals surface area contributed by atoms with Crippen molar-refractivity contribution < 1.29 is 9.47 Å². The lowest BCUT2D eigenvalue weighted by Crippen LogP contribution is -2.46. The molecule has 0 radical (unpaired) electrons. The highest BCUT2D eigenvalue weighted by molar-refractivity contribution is 6.36. The summed E-state index contributed by atoms with van der Waals surface area (Å²) in [5.41, 5.74) is 1.95. The molecule has 36 heavy (non-hydrogen) atoms. The van der Waals surface area contributed by atoms with Gasteiger partial charge in [0.1, 0.15) is 0 Å². The number of nitrogens with one attached hydrogen (secondary N) is 3. The fraction of sp³-hybridized carbons (Fsp3) is 0.692. The van der Waals surface area contributed by atoms with Crippen LogP contribution in [0.5, 0.6) is 0 Å². The van der Waals surface area contributed by atoms with E-state index in [1.807, 2.05) is 12.1 Å². The molecule has 3 heterocycles. The van der Waals surface area contributed by atoms with Crippen LogP contribution in [-0.4, -0.2) is 80.2 Å². The van der Waals surface area contributed by atoms with Gasteiger partial charge in [0.05, 0.1) is 41.4 Å². The molecule has 0 spiro atoms. The van der Waals surface area contributed by atoms with Crippen LogP contribution in [0.15, 0.2) is 28.3 Å². The minimum Gasteiger partial charge on any atom is -0.383 e. The van der Waals surface area contributed by atoms with Gasteiger partial charge >= 0.3 is 0 Å². The molecule has 10 heteroatoms. The van der Waals surface area contributed by atoms with E-state index in [1.165, 1.54) is 0 Å². The SMILES string of the molecule is COCC(C)NC1CCC(NC2=NCC(Cl)C(c3cc(NCC4(C#N)CCOCC4)ccn3)=N2)CC1. The molecule has 0 bridgehead atoms. The summed E-state index contributed by atoms with van der Waals surface area (Å²) in [5.74, 6) is 0.636. The average Bonchev–Trinajstić information content (AvgIpc) is 2.90. The second-order valence-electron chi connectivity index (χ2n) is 10.1. The van der Waals surface area contributed by atoms with E-state index in [1.54, 1.807) is 13.3 Å². The van der Waals surface area contributed by atoms with E-state index in [4.69, 9.17) is 26.1 Å². The predicted octanol–water partition coefficient (Wildman–Crippen LogP) is 3.11. The number of halogens is 1. The van der Waals surface area contributed by atoms with Gasteiger partial charge in [-0.1, -0.05) is 0 Å². The molecule has 1 saturated carbocycles. The third kappa shape index (κ3) is 7.16. The van der Waals surface area contributed by atoms with E-state index in [0.717, 1.165) is 62.2 Å². The molecule has 196 valence electrons. The van der Waals surface area contributed by atoms with Crippen molar-refractivity contribution in [3.05, 3.63) is 24.0 Å². The molecule has 2 atom stereocenters. The van der Waals surface area contributed by atoms with Crippen molar-refractivity contribution >= 4 is 29.0 Å². The first-order chi connectivity index (χ1) is 17.5. The van der Waals surface area contributed by atoms with E-state index >= 15 is 0 Å². The van der Waals surface area contributed by atoms with Crippen LogP contribution < -0.4 is 16.0 Å². The zero-order valence-corrected chi connectivity index (χ0v) is 22.1. The second kappa shape index (κ2) is 12.8. The number of pyridine rings is 1. The Morgan fingerprint density at radius 2 is 2.00 bits per heavy atom. The van der Waals surface area contributed by atoms with Gasteiger partial charge < -0.3 is 25.4 Å². The van der Waals surface area contributed by atoms with E-state index < -0.39 is 5.41 Å². The summed E-state index contributed by atoms with van der Waals surface area (Å²) in [5, 5.41) is 20.0. The van der Waals surface area contributed by atoms with Gasteiger partial charge in [-0.3, -0.25) is 4.98 Å². The van der Waals surface area contributed by atoms with E-state index in [9.17, 15) is 5.26 Å². The van der Waals surface area contributed by atoms with E-state index in [-0.39, 0.29) is 5.38 Å². The first-order valence-electron chi connectivity index (χ1n) is 13.0. The normalized spacial score (nSPS) is 26.8. The van der Waals surface area contributed by atoms with Crippen molar-refractivity contribution in [2.45, 2.75) is 69.0 Å². The molecule has 0 aromatic carbocycles. The Bertz CT molecular complexity index is 965. The van der Waals surface area contributed by atoms with Gasteiger partial charge in [0.2, 0.25) is 5.96 Å². The van der Waals surface area contributed by atoms with Crippen LogP contribution in [0.4, 0.5) is 5.69 Å². The summed E-state index contributed by atoms with van der Waals surface area (Å²) in [4.78, 5) is 13.9. The lowest BCUT2D eigenvalue weighted by Gasteiger charge is -2.32. The highest BCUT2D eigenvalue weighted by atomic mass is 35.5. The van der Waals surface area contributed by atoms with Crippen molar-refractivity contribution in [1.82, 2.24) is 15.6 Å². The number of aliphatic imine (C=N–C) groups is 2. The van der Waals surface area contributed by atoms with Crippen molar-refractivity contribution in [2.24, 2.45) is 15.4 Å². The Morgan fingerprint density at radius 1 is 1.25 bits per heavy atom. The molecule has 1 aromatic rings. The second-order valence-corrected chi connectivity index (χ2v) is 10.7. The maximum Gasteiger partial charge on any atom is 0.218 e. The Kier molecular flexibility index (Phi) is 9.54. The Balaban J connectivity index is 1.34. The number of hydrogen-bond acceptors (Lipinski definition) is 9. The van der Waals surface area contributed by atoms with Crippen LogP contribution in [0.1, 0.15) is 51.1 Å². The number of anilines is 1. The number of nitriles is 1. The molecular formula is C26H38ClN7O2. The van der Waals surface area contributed by atoms with Crippen LogP contribution in [-0.2, 0) is 9.47 Å². The standard InChI is InChI=1S/C26H38ClN7O2/c1-18(15-35-2)32-19-3-5-20(6-4-19)33-25-30-14-22(27)24(34-25)23-13-21(7-10-29-23)31-17-26(16-28)8-11-36-12-9-26/h7,10,13,18-20,22,32H,3-6,8-9,11-12,14-15,17H2,1-2H3,(H,29,31)(H,30,33). The number of aromatic nitrogens is 1. The van der Waals surface area contributed by atoms with Gasteiger partial charge in [0.25, 0.3) is 0 Å². The van der Waals surface area contributed by atoms with Crippen molar-refractivity contribution in [3.63, 3.8) is 0 Å². The van der Waals surface area contributed by atoms with Gasteiger partial charge in [-0.2, -0.15) is 5.26 Å². The van der Waals surface area contributed by atoms with Gasteiger partial charge in [-0.05, 0) is 57.6 Å². The molecule has 4 rings (SSSR count). The first kappa shape index (κ1) is 26.8. The van der Waals surface area contributed by atoms with Crippen LogP contribution in [0, 0.1) is 16.7 Å². The van der Waals surface area contributed by atoms with Crippen molar-refractivity contribution in [1.29, 1.82) is 5.26 Å². The topological polar surface area (TPSA) is 116 Å². The van der Waals surface area contributed by atoms with Crippen molar-refractivity contribution in [3.8, 4) is 6.07 Å². The first-order valence-corrected chi connectivity index (χ1v) is 13.4. The number of hydrogen-bond donors (Lipinski definition) is 3. The van der Waals surface area contributed by atoms with Gasteiger partial charge in [0, 0.05) is 56.9 Å².